The molecule has 0 spiro atoms. The maximum absolute atomic E-state index is 6.53. The molecule has 1 fully saturated rings. The average molecular weight is 286 g/mol. The monoisotopic (exact) mass is 286 g/mol. The summed E-state index contributed by atoms with van der Waals surface area (Å²) in [5, 5.41) is 0. The molecule has 0 bridgehead atoms. The third kappa shape index (κ3) is 7.58. The second kappa shape index (κ2) is 10.6. The van der Waals surface area contributed by atoms with Crippen molar-refractivity contribution in [2.24, 2.45) is 5.73 Å². The van der Waals surface area contributed by atoms with E-state index in [0.29, 0.717) is 0 Å². The molecule has 4 heteroatoms. The van der Waals surface area contributed by atoms with Gasteiger partial charge >= 0.3 is 0 Å². The van der Waals surface area contributed by atoms with Crippen LogP contribution >= 0.6 is 0 Å². The van der Waals surface area contributed by atoms with Gasteiger partial charge in [-0.2, -0.15) is 0 Å². The summed E-state index contributed by atoms with van der Waals surface area (Å²) < 4.78 is 10.9. The third-order valence-electron chi connectivity index (χ3n) is 4.29. The van der Waals surface area contributed by atoms with E-state index < -0.39 is 0 Å². The summed E-state index contributed by atoms with van der Waals surface area (Å²) in [7, 11) is 0. The van der Waals surface area contributed by atoms with Crippen LogP contribution in [0.3, 0.4) is 0 Å². The molecule has 2 N–H and O–H groups in total. The van der Waals surface area contributed by atoms with E-state index in [9.17, 15) is 0 Å². The zero-order valence-corrected chi connectivity index (χ0v) is 13.5. The fraction of sp³-hybridized carbons (Fsp3) is 1.00. The Morgan fingerprint density at radius 2 is 1.45 bits per heavy atom. The van der Waals surface area contributed by atoms with Gasteiger partial charge in [0.05, 0.1) is 13.2 Å². The Balaban J connectivity index is 2.29. The normalized spacial score (nSPS) is 18.6. The molecule has 20 heavy (non-hydrogen) atoms. The highest BCUT2D eigenvalue weighted by molar-refractivity contribution is 4.88. The second-order valence-corrected chi connectivity index (χ2v) is 5.91. The smallest absolute Gasteiger partial charge is 0.0593 e. The number of nitrogens with two attached hydrogens (primary N) is 1. The molecular weight excluding hydrogens is 252 g/mol. The van der Waals surface area contributed by atoms with Crippen molar-refractivity contribution in [1.29, 1.82) is 0 Å². The summed E-state index contributed by atoms with van der Waals surface area (Å²) in [6.07, 6.45) is 7.45. The zero-order valence-electron chi connectivity index (χ0n) is 13.5. The molecule has 0 atom stereocenters. The molecule has 1 aliphatic carbocycles. The Labute approximate surface area is 125 Å². The van der Waals surface area contributed by atoms with Gasteiger partial charge in [-0.15, -0.1) is 0 Å². The predicted molar refractivity (Wildman–Crippen MR) is 84.0 cm³/mol. The highest BCUT2D eigenvalue weighted by Gasteiger charge is 2.27. The summed E-state index contributed by atoms with van der Waals surface area (Å²) in [5.74, 6) is 0. The van der Waals surface area contributed by atoms with Crippen LogP contribution in [-0.2, 0) is 9.47 Å². The maximum Gasteiger partial charge on any atom is 0.0593 e. The van der Waals surface area contributed by atoms with Gasteiger partial charge in [-0.25, -0.2) is 0 Å². The number of ether oxygens (including phenoxy) is 2. The Morgan fingerprint density at radius 1 is 0.900 bits per heavy atom. The fourth-order valence-electron chi connectivity index (χ4n) is 2.90. The molecule has 0 unspecified atom stereocenters. The SMILES string of the molecule is CCOCCN(CCOCC)CCC1(N)CCCCC1. The van der Waals surface area contributed by atoms with Crippen LogP contribution < -0.4 is 5.73 Å². The summed E-state index contributed by atoms with van der Waals surface area (Å²) in [6, 6.07) is 0. The van der Waals surface area contributed by atoms with Gasteiger partial charge in [0.1, 0.15) is 0 Å². The van der Waals surface area contributed by atoms with E-state index in [4.69, 9.17) is 15.2 Å². The Bertz CT molecular complexity index is 221. The molecule has 1 saturated carbocycles. The van der Waals surface area contributed by atoms with E-state index in [1.165, 1.54) is 32.1 Å². The van der Waals surface area contributed by atoms with E-state index in [1.54, 1.807) is 0 Å². The molecule has 0 saturated heterocycles. The third-order valence-corrected chi connectivity index (χ3v) is 4.29. The number of nitrogens with zero attached hydrogens (tertiary/aromatic N) is 1. The van der Waals surface area contributed by atoms with E-state index in [-0.39, 0.29) is 5.54 Å². The molecule has 4 nitrogen and oxygen atoms in total. The second-order valence-electron chi connectivity index (χ2n) is 5.91. The minimum atomic E-state index is 0.0771. The van der Waals surface area contributed by atoms with Crippen molar-refractivity contribution >= 4 is 0 Å². The van der Waals surface area contributed by atoms with Gasteiger partial charge in [0.2, 0.25) is 0 Å². The van der Waals surface area contributed by atoms with Crippen molar-refractivity contribution in [1.82, 2.24) is 4.90 Å². The van der Waals surface area contributed by atoms with E-state index in [1.807, 2.05) is 13.8 Å². The van der Waals surface area contributed by atoms with Crippen molar-refractivity contribution in [2.75, 3.05) is 46.1 Å². The molecule has 1 aliphatic rings. The first kappa shape index (κ1) is 17.9. The number of hydrogen-bond donors (Lipinski definition) is 1. The van der Waals surface area contributed by atoms with Crippen LogP contribution in [0.1, 0.15) is 52.4 Å². The van der Waals surface area contributed by atoms with E-state index in [0.717, 1.165) is 52.5 Å². The highest BCUT2D eigenvalue weighted by atomic mass is 16.5. The van der Waals surface area contributed by atoms with Gasteiger partial charge in [-0.3, -0.25) is 4.90 Å². The van der Waals surface area contributed by atoms with Crippen molar-refractivity contribution in [3.05, 3.63) is 0 Å². The van der Waals surface area contributed by atoms with Crippen LogP contribution in [0.25, 0.3) is 0 Å². The van der Waals surface area contributed by atoms with E-state index >= 15 is 0 Å². The van der Waals surface area contributed by atoms with Gasteiger partial charge < -0.3 is 15.2 Å². The van der Waals surface area contributed by atoms with E-state index in [2.05, 4.69) is 4.90 Å². The van der Waals surface area contributed by atoms with Crippen LogP contribution in [0.2, 0.25) is 0 Å². The van der Waals surface area contributed by atoms with Crippen LogP contribution in [0, 0.1) is 0 Å². The molecule has 0 aliphatic heterocycles. The van der Waals surface area contributed by atoms with Gasteiger partial charge in [0.25, 0.3) is 0 Å². The van der Waals surface area contributed by atoms with Crippen molar-refractivity contribution in [3.63, 3.8) is 0 Å². The molecule has 0 amide bonds. The first-order valence-electron chi connectivity index (χ1n) is 8.37. The Morgan fingerprint density at radius 3 is 1.95 bits per heavy atom. The number of hydrogen-bond acceptors (Lipinski definition) is 4. The topological polar surface area (TPSA) is 47.7 Å². The molecular formula is C16H34N2O2. The molecule has 0 aromatic rings. The minimum Gasteiger partial charge on any atom is -0.380 e. The quantitative estimate of drug-likeness (QED) is 0.593. The zero-order chi connectivity index (χ0) is 14.7. The lowest BCUT2D eigenvalue weighted by Crippen LogP contribution is -2.45. The molecule has 0 aromatic heterocycles. The lowest BCUT2D eigenvalue weighted by molar-refractivity contribution is 0.0775. The number of rotatable bonds is 11. The molecule has 0 heterocycles. The standard InChI is InChI=1S/C16H34N2O2/c1-3-19-14-12-18(13-15-20-4-2)11-10-16(17)8-6-5-7-9-16/h3-15,17H2,1-2H3. The highest BCUT2D eigenvalue weighted by Crippen LogP contribution is 2.28. The van der Waals surface area contributed by atoms with Crippen LogP contribution in [0.4, 0.5) is 0 Å². The summed E-state index contributed by atoms with van der Waals surface area (Å²) in [4.78, 5) is 2.44. The van der Waals surface area contributed by atoms with Crippen molar-refractivity contribution in [3.8, 4) is 0 Å². The first-order chi connectivity index (χ1) is 9.70. The van der Waals surface area contributed by atoms with Crippen molar-refractivity contribution in [2.45, 2.75) is 57.9 Å². The van der Waals surface area contributed by atoms with Gasteiger partial charge in [-0.1, -0.05) is 19.3 Å². The van der Waals surface area contributed by atoms with Crippen LogP contribution in [-0.4, -0.2) is 56.5 Å². The predicted octanol–water partition coefficient (Wildman–Crippen LogP) is 2.41. The molecule has 120 valence electrons. The van der Waals surface area contributed by atoms with Gasteiger partial charge in [-0.05, 0) is 33.1 Å². The molecule has 0 radical (unpaired) electrons. The van der Waals surface area contributed by atoms with Crippen LogP contribution in [0.5, 0.6) is 0 Å². The van der Waals surface area contributed by atoms with Gasteiger partial charge in [0.15, 0.2) is 0 Å². The average Bonchev–Trinajstić information content (AvgIpc) is 2.45. The largest absolute Gasteiger partial charge is 0.380 e. The maximum atomic E-state index is 6.53. The molecule has 0 aromatic carbocycles. The summed E-state index contributed by atoms with van der Waals surface area (Å²) in [5.41, 5.74) is 6.60. The fourth-order valence-corrected chi connectivity index (χ4v) is 2.90. The summed E-state index contributed by atoms with van der Waals surface area (Å²) >= 11 is 0. The van der Waals surface area contributed by atoms with Crippen LogP contribution in [0.15, 0.2) is 0 Å². The minimum absolute atomic E-state index is 0.0771. The Kier molecular flexibility index (Phi) is 9.44. The van der Waals surface area contributed by atoms with Crippen molar-refractivity contribution < 1.29 is 9.47 Å². The first-order valence-corrected chi connectivity index (χ1v) is 8.37. The molecule has 1 rings (SSSR count). The lowest BCUT2D eigenvalue weighted by atomic mass is 9.80. The Hall–Kier alpha value is -0.160. The van der Waals surface area contributed by atoms with Gasteiger partial charge in [0, 0.05) is 38.4 Å². The summed E-state index contributed by atoms with van der Waals surface area (Å²) in [6.45, 7) is 10.3. The lowest BCUT2D eigenvalue weighted by Gasteiger charge is -2.35.